The summed E-state index contributed by atoms with van der Waals surface area (Å²) in [4.78, 5) is 34.0. The van der Waals surface area contributed by atoms with Gasteiger partial charge >= 0.3 is 5.97 Å². The van der Waals surface area contributed by atoms with Gasteiger partial charge in [-0.1, -0.05) is 37.5 Å². The Morgan fingerprint density at radius 1 is 1.19 bits per heavy atom. The lowest BCUT2D eigenvalue weighted by Crippen LogP contribution is -2.56. The van der Waals surface area contributed by atoms with E-state index in [-0.39, 0.29) is 35.5 Å². The zero-order chi connectivity index (χ0) is 18.8. The molecule has 3 heterocycles. The minimum atomic E-state index is -0.338. The van der Waals surface area contributed by atoms with Crippen molar-refractivity contribution in [3.63, 3.8) is 0 Å². The number of amidine groups is 1. The lowest BCUT2D eigenvalue weighted by Gasteiger charge is -2.42. The average molecular weight is 367 g/mol. The third-order valence-electron chi connectivity index (χ3n) is 6.87. The Kier molecular flexibility index (Phi) is 3.69. The summed E-state index contributed by atoms with van der Waals surface area (Å²) in [7, 11) is 1.47. The Hall–Kier alpha value is -2.21. The molecule has 2 saturated heterocycles. The molecule has 1 aliphatic carbocycles. The van der Waals surface area contributed by atoms with Crippen molar-refractivity contribution >= 4 is 23.4 Å². The molecule has 0 unspecified atom stereocenters. The van der Waals surface area contributed by atoms with Crippen LogP contribution < -0.4 is 4.90 Å². The van der Waals surface area contributed by atoms with Crippen LogP contribution >= 0.6 is 0 Å². The van der Waals surface area contributed by atoms with Crippen molar-refractivity contribution in [3.05, 3.63) is 29.8 Å². The van der Waals surface area contributed by atoms with Crippen LogP contribution in [0.3, 0.4) is 0 Å². The van der Waals surface area contributed by atoms with Gasteiger partial charge in [0.1, 0.15) is 11.9 Å². The molecule has 4 aliphatic rings. The number of fused-ring (bicyclic) bond motifs is 4. The average Bonchev–Trinajstić information content (AvgIpc) is 3.28. The Bertz CT molecular complexity index is 843. The number of carbonyl (C=O) groups is 2. The molecule has 0 radical (unpaired) electrons. The van der Waals surface area contributed by atoms with Gasteiger partial charge in [0.2, 0.25) is 5.91 Å². The van der Waals surface area contributed by atoms with Crippen molar-refractivity contribution in [1.82, 2.24) is 4.90 Å². The van der Waals surface area contributed by atoms with Crippen LogP contribution in [0.2, 0.25) is 0 Å². The number of methoxy groups -OCH3 is 1. The van der Waals surface area contributed by atoms with Crippen molar-refractivity contribution in [2.24, 2.45) is 4.99 Å². The van der Waals surface area contributed by atoms with Crippen LogP contribution in [0, 0.1) is 0 Å². The van der Waals surface area contributed by atoms with E-state index in [0.29, 0.717) is 0 Å². The van der Waals surface area contributed by atoms with Gasteiger partial charge in [-0.3, -0.25) is 14.5 Å². The molecule has 1 aromatic rings. The molecule has 0 N–H and O–H groups in total. The molecule has 3 atom stereocenters. The van der Waals surface area contributed by atoms with Crippen molar-refractivity contribution in [3.8, 4) is 0 Å². The number of nitrogens with zero attached hydrogens (tertiary/aromatic N) is 3. The molecule has 6 heteroatoms. The Morgan fingerprint density at radius 2 is 1.93 bits per heavy atom. The maximum atomic E-state index is 12.7. The van der Waals surface area contributed by atoms with Gasteiger partial charge < -0.3 is 9.64 Å². The molecular weight excluding hydrogens is 342 g/mol. The number of aliphatic imine (C=N–C) groups is 1. The number of hydrogen-bond donors (Lipinski definition) is 0. The minimum absolute atomic E-state index is 0.0581. The molecule has 1 spiro atoms. The van der Waals surface area contributed by atoms with Gasteiger partial charge in [0.05, 0.1) is 18.8 Å². The Balaban J connectivity index is 1.74. The van der Waals surface area contributed by atoms with E-state index in [4.69, 9.17) is 4.74 Å². The molecule has 1 saturated carbocycles. The van der Waals surface area contributed by atoms with E-state index in [2.05, 4.69) is 33.0 Å². The van der Waals surface area contributed by atoms with Gasteiger partial charge in [-0.05, 0) is 30.9 Å². The predicted molar refractivity (Wildman–Crippen MR) is 102 cm³/mol. The minimum Gasteiger partial charge on any atom is -0.468 e. The van der Waals surface area contributed by atoms with Gasteiger partial charge in [0.15, 0.2) is 0 Å². The third kappa shape index (κ3) is 2.13. The molecule has 3 aliphatic heterocycles. The van der Waals surface area contributed by atoms with Crippen LogP contribution in [0.25, 0.3) is 0 Å². The van der Waals surface area contributed by atoms with Gasteiger partial charge in [0, 0.05) is 18.5 Å². The molecule has 3 fully saturated rings. The van der Waals surface area contributed by atoms with E-state index >= 15 is 0 Å². The first-order chi connectivity index (χ1) is 13.1. The number of anilines is 1. The first-order valence-corrected chi connectivity index (χ1v) is 9.92. The Labute approximate surface area is 159 Å². The highest BCUT2D eigenvalue weighted by Crippen LogP contribution is 2.59. The fourth-order valence-electron chi connectivity index (χ4n) is 6.01. The number of ether oxygens (including phenoxy) is 1. The van der Waals surface area contributed by atoms with Crippen LogP contribution in [0.15, 0.2) is 29.3 Å². The zero-order valence-electron chi connectivity index (χ0n) is 15.9. The largest absolute Gasteiger partial charge is 0.468 e. The van der Waals surface area contributed by atoms with Gasteiger partial charge in [-0.15, -0.1) is 0 Å². The van der Waals surface area contributed by atoms with E-state index in [1.165, 1.54) is 26.0 Å². The molecule has 6 nitrogen and oxygen atoms in total. The number of esters is 1. The van der Waals surface area contributed by atoms with Gasteiger partial charge in [-0.2, -0.15) is 4.99 Å². The Morgan fingerprint density at radius 3 is 2.63 bits per heavy atom. The number of carbonyl (C=O) groups excluding carboxylic acids is 2. The maximum absolute atomic E-state index is 12.7. The second kappa shape index (κ2) is 5.89. The van der Waals surface area contributed by atoms with Crippen molar-refractivity contribution in [1.29, 1.82) is 0 Å². The van der Waals surface area contributed by atoms with E-state index in [9.17, 15) is 9.59 Å². The van der Waals surface area contributed by atoms with E-state index in [0.717, 1.165) is 43.6 Å². The summed E-state index contributed by atoms with van der Waals surface area (Å²) < 4.78 is 5.18. The summed E-state index contributed by atoms with van der Waals surface area (Å²) in [5.74, 6) is 0.745. The monoisotopic (exact) mass is 367 g/mol. The topological polar surface area (TPSA) is 62.2 Å². The van der Waals surface area contributed by atoms with E-state index < -0.39 is 0 Å². The molecule has 142 valence electrons. The SMILES string of the molecule is COC(=O)[C@@H]1C[C@H]2c3ccccc3N3C(=NC(C)=O)C4(CCCCC4)N1[C@@H]23. The molecule has 1 amide bonds. The lowest BCUT2D eigenvalue weighted by atomic mass is 9.79. The molecule has 5 rings (SSSR count). The number of amides is 1. The van der Waals surface area contributed by atoms with Crippen molar-refractivity contribution < 1.29 is 14.3 Å². The first-order valence-electron chi connectivity index (χ1n) is 9.92. The van der Waals surface area contributed by atoms with Crippen molar-refractivity contribution in [2.45, 2.75) is 69.1 Å². The molecular formula is C21H25N3O3. The van der Waals surface area contributed by atoms with E-state index in [1.54, 1.807) is 0 Å². The third-order valence-corrected chi connectivity index (χ3v) is 6.87. The van der Waals surface area contributed by atoms with Crippen molar-refractivity contribution in [2.75, 3.05) is 12.0 Å². The summed E-state index contributed by atoms with van der Waals surface area (Å²) in [5, 5.41) is 0. The predicted octanol–water partition coefficient (Wildman–Crippen LogP) is 2.83. The van der Waals surface area contributed by atoms with Crippen LogP contribution in [-0.4, -0.2) is 47.5 Å². The van der Waals surface area contributed by atoms with Crippen LogP contribution in [-0.2, 0) is 14.3 Å². The summed E-state index contributed by atoms with van der Waals surface area (Å²) in [6.45, 7) is 1.52. The van der Waals surface area contributed by atoms with Gasteiger partial charge in [-0.25, -0.2) is 0 Å². The number of hydrogen-bond acceptors (Lipinski definition) is 4. The highest BCUT2D eigenvalue weighted by Gasteiger charge is 2.67. The lowest BCUT2D eigenvalue weighted by molar-refractivity contribution is -0.148. The summed E-state index contributed by atoms with van der Waals surface area (Å²) in [6, 6.07) is 8.08. The standard InChI is InChI=1S/C21H25N3O3/c1-13(25)22-20-21(10-6-3-7-11-21)24-17(19(26)27-2)12-15-14-8-4-5-9-16(14)23(20)18(15)24/h4-5,8-9,15,17-18H,3,6-7,10-12H2,1-2H3/t15-,17-,18-/m0/s1. The second-order valence-corrected chi connectivity index (χ2v) is 8.18. The summed E-state index contributed by atoms with van der Waals surface area (Å²) in [5.41, 5.74) is 2.06. The number of benzene rings is 1. The fraction of sp³-hybridized carbons (Fsp3) is 0.571. The first kappa shape index (κ1) is 16.9. The van der Waals surface area contributed by atoms with Gasteiger partial charge in [0.25, 0.3) is 0 Å². The second-order valence-electron chi connectivity index (χ2n) is 8.18. The molecule has 27 heavy (non-hydrogen) atoms. The quantitative estimate of drug-likeness (QED) is 0.714. The number of para-hydroxylation sites is 1. The maximum Gasteiger partial charge on any atom is 0.323 e. The zero-order valence-corrected chi connectivity index (χ0v) is 15.9. The van der Waals surface area contributed by atoms with E-state index in [1.807, 2.05) is 6.07 Å². The number of rotatable bonds is 1. The van der Waals surface area contributed by atoms with Crippen LogP contribution in [0.5, 0.6) is 0 Å². The summed E-state index contributed by atoms with van der Waals surface area (Å²) >= 11 is 0. The fourth-order valence-corrected chi connectivity index (χ4v) is 6.01. The molecule has 0 aromatic heterocycles. The summed E-state index contributed by atoms with van der Waals surface area (Å²) in [6.07, 6.45) is 6.07. The molecule has 0 bridgehead atoms. The normalized spacial score (nSPS) is 32.0. The smallest absolute Gasteiger partial charge is 0.323 e. The van der Waals surface area contributed by atoms with Crippen LogP contribution in [0.1, 0.15) is 56.9 Å². The highest BCUT2D eigenvalue weighted by molar-refractivity contribution is 6.13. The van der Waals surface area contributed by atoms with Crippen LogP contribution in [0.4, 0.5) is 5.69 Å². The molecule has 1 aromatic carbocycles. The highest BCUT2D eigenvalue weighted by atomic mass is 16.5.